The van der Waals surface area contributed by atoms with E-state index in [4.69, 9.17) is 4.74 Å². The predicted molar refractivity (Wildman–Crippen MR) is 105 cm³/mol. The third kappa shape index (κ3) is 4.31. The number of carbonyl (C=O) groups excluding carboxylic acids is 2. The Morgan fingerprint density at radius 2 is 1.69 bits per heavy atom. The highest BCUT2D eigenvalue weighted by Gasteiger charge is 2.24. The van der Waals surface area contributed by atoms with Crippen LogP contribution in [0.1, 0.15) is 35.9 Å². The van der Waals surface area contributed by atoms with E-state index in [1.54, 1.807) is 43.3 Å². The van der Waals surface area contributed by atoms with Crippen LogP contribution in [-0.4, -0.2) is 27.8 Å². The smallest absolute Gasteiger partial charge is 0.360 e. The largest absolute Gasteiger partial charge is 0.448 e. The highest BCUT2D eigenvalue weighted by atomic mass is 19.1. The van der Waals surface area contributed by atoms with Gasteiger partial charge in [-0.25, -0.2) is 13.9 Å². The van der Waals surface area contributed by atoms with Crippen LogP contribution in [0.25, 0.3) is 10.8 Å². The third-order valence-electron chi connectivity index (χ3n) is 4.53. The van der Waals surface area contributed by atoms with Gasteiger partial charge in [-0.3, -0.25) is 9.59 Å². The first-order valence-electron chi connectivity index (χ1n) is 9.01. The maximum Gasteiger partial charge on any atom is 0.360 e. The molecular weight excluding hydrogens is 377 g/mol. The molecule has 0 aliphatic rings. The quantitative estimate of drug-likeness (QED) is 0.668. The van der Waals surface area contributed by atoms with Gasteiger partial charge in [-0.15, -0.1) is 0 Å². The second-order valence-corrected chi connectivity index (χ2v) is 6.65. The van der Waals surface area contributed by atoms with E-state index in [0.717, 1.165) is 4.68 Å². The molecule has 2 aromatic carbocycles. The van der Waals surface area contributed by atoms with Crippen molar-refractivity contribution in [2.45, 2.75) is 26.0 Å². The predicted octanol–water partition coefficient (Wildman–Crippen LogP) is 2.50. The summed E-state index contributed by atoms with van der Waals surface area (Å²) in [6.45, 7) is 3.18. The second kappa shape index (κ2) is 8.22. The molecule has 0 saturated carbocycles. The maximum atomic E-state index is 13.0. The Hall–Kier alpha value is -3.55. The normalized spacial score (nSPS) is 13.0. The van der Waals surface area contributed by atoms with Crippen LogP contribution in [0.4, 0.5) is 4.39 Å². The molecule has 0 bridgehead atoms. The Balaban J connectivity index is 1.74. The minimum absolute atomic E-state index is 0.0473. The number of nitrogens with one attached hydrogen (secondary N) is 1. The third-order valence-corrected chi connectivity index (χ3v) is 4.53. The van der Waals surface area contributed by atoms with Gasteiger partial charge in [-0.05, 0) is 37.6 Å². The molecule has 0 saturated heterocycles. The zero-order valence-electron chi connectivity index (χ0n) is 16.2. The SMILES string of the molecule is C[C@H](NC(=O)[C@@H](C)OC(=O)c1nn(C)c(=O)c2ccccc12)c1ccc(F)cc1. The number of halogens is 1. The highest BCUT2D eigenvalue weighted by molar-refractivity contribution is 6.02. The number of rotatable bonds is 5. The molecule has 1 amide bonds. The standard InChI is InChI=1S/C21H20FN3O4/c1-12(14-8-10-15(22)11-9-14)23-19(26)13(2)29-21(28)18-16-6-4-5-7-17(16)20(27)25(3)24-18/h4-13H,1-3H3,(H,23,26)/t12-,13+/m0/s1. The molecule has 0 unspecified atom stereocenters. The van der Waals surface area contributed by atoms with Gasteiger partial charge in [0.2, 0.25) is 0 Å². The van der Waals surface area contributed by atoms with Gasteiger partial charge in [0.15, 0.2) is 11.8 Å². The number of benzene rings is 2. The molecule has 0 spiro atoms. The fourth-order valence-electron chi connectivity index (χ4n) is 2.89. The molecule has 3 aromatic rings. The van der Waals surface area contributed by atoms with Gasteiger partial charge in [0.1, 0.15) is 5.82 Å². The molecule has 1 N–H and O–H groups in total. The summed E-state index contributed by atoms with van der Waals surface area (Å²) >= 11 is 0. The number of nitrogens with zero attached hydrogens (tertiary/aromatic N) is 2. The van der Waals surface area contributed by atoms with Gasteiger partial charge in [-0.1, -0.05) is 30.3 Å². The maximum absolute atomic E-state index is 13.0. The average Bonchev–Trinajstić information content (AvgIpc) is 2.71. The summed E-state index contributed by atoms with van der Waals surface area (Å²) in [5.74, 6) is -1.69. The van der Waals surface area contributed by atoms with E-state index >= 15 is 0 Å². The second-order valence-electron chi connectivity index (χ2n) is 6.65. The molecule has 8 heteroatoms. The number of hydrogen-bond donors (Lipinski definition) is 1. The van der Waals surface area contributed by atoms with Crippen molar-refractivity contribution in [3.8, 4) is 0 Å². The average molecular weight is 397 g/mol. The Labute approximate surface area is 166 Å². The molecule has 3 rings (SSSR count). The van der Waals surface area contributed by atoms with Gasteiger partial charge in [0, 0.05) is 12.4 Å². The van der Waals surface area contributed by atoms with Crippen molar-refractivity contribution in [1.82, 2.24) is 15.1 Å². The topological polar surface area (TPSA) is 90.3 Å². The monoisotopic (exact) mass is 397 g/mol. The Kier molecular flexibility index (Phi) is 5.72. The first-order valence-corrected chi connectivity index (χ1v) is 9.01. The molecule has 29 heavy (non-hydrogen) atoms. The van der Waals surface area contributed by atoms with E-state index < -0.39 is 24.0 Å². The fourth-order valence-corrected chi connectivity index (χ4v) is 2.89. The van der Waals surface area contributed by atoms with Gasteiger partial charge in [0.05, 0.1) is 11.4 Å². The van der Waals surface area contributed by atoms with Crippen molar-refractivity contribution in [3.05, 3.63) is 76.0 Å². The van der Waals surface area contributed by atoms with Crippen molar-refractivity contribution in [2.24, 2.45) is 7.05 Å². The van der Waals surface area contributed by atoms with Crippen LogP contribution < -0.4 is 10.9 Å². The number of aromatic nitrogens is 2. The summed E-state index contributed by atoms with van der Waals surface area (Å²) < 4.78 is 19.4. The number of esters is 1. The first-order chi connectivity index (χ1) is 13.8. The van der Waals surface area contributed by atoms with E-state index in [1.807, 2.05) is 0 Å². The lowest BCUT2D eigenvalue weighted by Gasteiger charge is -2.18. The Morgan fingerprint density at radius 3 is 2.34 bits per heavy atom. The van der Waals surface area contributed by atoms with E-state index in [9.17, 15) is 18.8 Å². The van der Waals surface area contributed by atoms with Crippen molar-refractivity contribution < 1.29 is 18.7 Å². The molecule has 0 aliphatic carbocycles. The first kappa shape index (κ1) is 20.2. The van der Waals surface area contributed by atoms with Crippen LogP contribution in [0.15, 0.2) is 53.3 Å². The molecule has 1 heterocycles. The molecule has 150 valence electrons. The lowest BCUT2D eigenvalue weighted by atomic mass is 10.1. The van der Waals surface area contributed by atoms with Gasteiger partial charge < -0.3 is 10.1 Å². The molecule has 7 nitrogen and oxygen atoms in total. The Morgan fingerprint density at radius 1 is 1.07 bits per heavy atom. The van der Waals surface area contributed by atoms with E-state index in [1.165, 1.54) is 26.1 Å². The number of amides is 1. The number of fused-ring (bicyclic) bond motifs is 1. The number of ether oxygens (including phenoxy) is 1. The lowest BCUT2D eigenvalue weighted by Crippen LogP contribution is -2.37. The van der Waals surface area contributed by atoms with Crippen molar-refractivity contribution >= 4 is 22.6 Å². The van der Waals surface area contributed by atoms with Gasteiger partial charge >= 0.3 is 5.97 Å². The molecule has 0 fully saturated rings. The number of carbonyl (C=O) groups is 2. The fraction of sp³-hybridized carbons (Fsp3) is 0.238. The minimum atomic E-state index is -1.09. The summed E-state index contributed by atoms with van der Waals surface area (Å²) in [6, 6.07) is 11.9. The number of hydrogen-bond acceptors (Lipinski definition) is 5. The van der Waals surface area contributed by atoms with Crippen molar-refractivity contribution in [2.75, 3.05) is 0 Å². The van der Waals surface area contributed by atoms with Crippen LogP contribution in [-0.2, 0) is 16.6 Å². The van der Waals surface area contributed by atoms with Crippen LogP contribution in [0.5, 0.6) is 0 Å². The van der Waals surface area contributed by atoms with Crippen LogP contribution >= 0.6 is 0 Å². The van der Waals surface area contributed by atoms with E-state index in [2.05, 4.69) is 10.4 Å². The summed E-state index contributed by atoms with van der Waals surface area (Å²) in [5.41, 5.74) is 0.328. The van der Waals surface area contributed by atoms with Crippen molar-refractivity contribution in [1.29, 1.82) is 0 Å². The summed E-state index contributed by atoms with van der Waals surface area (Å²) in [5, 5.41) is 7.39. The zero-order valence-corrected chi connectivity index (χ0v) is 16.2. The van der Waals surface area contributed by atoms with Crippen molar-refractivity contribution in [3.63, 3.8) is 0 Å². The minimum Gasteiger partial charge on any atom is -0.448 e. The lowest BCUT2D eigenvalue weighted by molar-refractivity contribution is -0.129. The summed E-state index contributed by atoms with van der Waals surface area (Å²) in [7, 11) is 1.44. The highest BCUT2D eigenvalue weighted by Crippen LogP contribution is 2.16. The molecule has 2 atom stereocenters. The Bertz CT molecular complexity index is 1120. The van der Waals surface area contributed by atoms with E-state index in [-0.39, 0.29) is 17.1 Å². The molecule has 1 aromatic heterocycles. The van der Waals surface area contributed by atoms with Crippen LogP contribution in [0.2, 0.25) is 0 Å². The summed E-state index contributed by atoms with van der Waals surface area (Å²) in [4.78, 5) is 37.2. The van der Waals surface area contributed by atoms with E-state index in [0.29, 0.717) is 16.3 Å². The van der Waals surface area contributed by atoms with Crippen LogP contribution in [0, 0.1) is 5.82 Å². The summed E-state index contributed by atoms with van der Waals surface area (Å²) in [6.07, 6.45) is -1.09. The van der Waals surface area contributed by atoms with Crippen LogP contribution in [0.3, 0.4) is 0 Å². The molecule has 0 radical (unpaired) electrons. The number of aryl methyl sites for hydroxylation is 1. The zero-order chi connectivity index (χ0) is 21.1. The van der Waals surface area contributed by atoms with Gasteiger partial charge in [0.25, 0.3) is 11.5 Å². The molecule has 0 aliphatic heterocycles. The van der Waals surface area contributed by atoms with Gasteiger partial charge in [-0.2, -0.15) is 5.10 Å². The molecular formula is C21H20FN3O4.